The third kappa shape index (κ3) is 0.000425. The smallest absolute Gasteiger partial charge is 0 e. The molecule has 0 heterocycles. The largest absolute Gasteiger partial charge is 0 e. The van der Waals surface area contributed by atoms with Crippen LogP contribution in [0.15, 0.2) is 0 Å². The summed E-state index contributed by atoms with van der Waals surface area (Å²) in [5, 5.41) is 12.0. The lowest BCUT2D eigenvalue weighted by Gasteiger charge is -0.707. The van der Waals surface area contributed by atoms with Crippen LogP contribution in [0.1, 0.15) is 0 Å². The highest BCUT2D eigenvalue weighted by molar-refractivity contribution is 4.07. The van der Waals surface area contributed by atoms with Gasteiger partial charge >= 0.3 is 0 Å². The Morgan fingerprint density at radius 2 is 1.00 bits per heavy atom. The van der Waals surface area contributed by atoms with Gasteiger partial charge in [0.25, 0.3) is 0 Å². The summed E-state index contributed by atoms with van der Waals surface area (Å²) in [6.07, 6.45) is 0. The monoisotopic (exact) mass is 60.0 g/mol. The van der Waals surface area contributed by atoms with Gasteiger partial charge in [-0.1, -0.05) is 0 Å². The van der Waals surface area contributed by atoms with Crippen molar-refractivity contribution in [3.8, 4) is 0 Å². The Morgan fingerprint density at radius 1 is 1.00 bits per heavy atom. The minimum Gasteiger partial charge on any atom is 0 e. The van der Waals surface area contributed by atoms with Gasteiger partial charge in [-0.25, -0.2) is 0 Å². The van der Waals surface area contributed by atoms with Gasteiger partial charge in [-0.3, -0.25) is 0 Å². The quantitative estimate of drug-likeness (QED) is 0.371. The summed E-state index contributed by atoms with van der Waals surface area (Å²) in [5.41, 5.74) is 0. The van der Waals surface area contributed by atoms with Crippen LogP contribution in [-0.2, 0) is 0 Å². The van der Waals surface area contributed by atoms with Gasteiger partial charge in [0.1, 0.15) is 0 Å². The molecule has 4 heteroatoms. The van der Waals surface area contributed by atoms with Gasteiger partial charge in [0.2, 0.25) is 0 Å². The first-order valence-electron chi connectivity index (χ1n) is 0.367. The van der Waals surface area contributed by atoms with E-state index in [1.165, 1.54) is 0 Å². The van der Waals surface area contributed by atoms with E-state index in [2.05, 4.69) is 0 Å². The number of hydrogen-bond acceptors (Lipinski definition) is 4. The highest BCUT2D eigenvalue weighted by Gasteiger charge is 0.707. The Hall–Kier alpha value is -0.980. The van der Waals surface area contributed by atoms with Crippen LogP contribution in [0.5, 0.6) is 0 Å². The molecule has 0 N–H and O–H groups in total. The fourth-order valence-electron chi connectivity index (χ4n) is 0. The molecule has 0 rings (SSSR count). The fourth-order valence-corrected chi connectivity index (χ4v) is 0. The molecule has 0 spiro atoms. The number of hydrogen-bond donors (Lipinski definition) is 0. The predicted molar refractivity (Wildman–Crippen MR) is 10.2 cm³/mol. The Morgan fingerprint density at radius 3 is 1.00 bits per heavy atom. The van der Waals surface area contributed by atoms with E-state index in [0.29, 0.717) is 0 Å². The molecule has 0 aliphatic rings. The van der Waals surface area contributed by atoms with Gasteiger partial charge in [0, 0.05) is 20.7 Å². The first-order chi connectivity index (χ1) is 2.00. The third-order valence-electron chi connectivity index (χ3n) is 0. The summed E-state index contributed by atoms with van der Waals surface area (Å²) in [7, 11) is 0. The molecule has 0 fully saturated rings. The van der Waals surface area contributed by atoms with Crippen molar-refractivity contribution < 1.29 is 0 Å². The minimum atomic E-state index is 6.00. The summed E-state index contributed by atoms with van der Waals surface area (Å²) in [6, 6.07) is 0. The SMILES string of the molecule is N#N.O=O. The standard InChI is InChI=1S/N2.O2/c2*1-2. The molecule has 0 aromatic rings. The summed E-state index contributed by atoms with van der Waals surface area (Å²) in [5.74, 6) is 0. The lowest BCUT2D eigenvalue weighted by atomic mass is 13.4. The molecule has 0 atom stereocenters. The van der Waals surface area contributed by atoms with Gasteiger partial charge < -0.3 is 0 Å². The molecule has 4 heavy (non-hydrogen) atoms. The van der Waals surface area contributed by atoms with Gasteiger partial charge in [-0.15, -0.1) is 0 Å². The predicted octanol–water partition coefficient (Wildman–Crippen LogP) is 0.0972. The van der Waals surface area contributed by atoms with Gasteiger partial charge in [-0.05, 0) is 0 Å². The van der Waals surface area contributed by atoms with Crippen molar-refractivity contribution in [2.45, 2.75) is 0 Å². The minimum absolute atomic E-state index is 6.00. The number of rotatable bonds is 0. The van der Waals surface area contributed by atoms with Crippen molar-refractivity contribution in [2.24, 2.45) is 0 Å². The van der Waals surface area contributed by atoms with E-state index in [1.807, 2.05) is 0 Å². The van der Waals surface area contributed by atoms with Crippen LogP contribution in [0.3, 0.4) is 0 Å². The lowest BCUT2D eigenvalue weighted by molar-refractivity contribution is 1.15. The van der Waals surface area contributed by atoms with Crippen molar-refractivity contribution in [3.05, 3.63) is 9.93 Å². The Bertz CT molecular complexity index is 15.2. The normalized spacial score (nSPS) is 1.50. The zero-order chi connectivity index (χ0) is 4.00. The fraction of sp³-hybridized carbons (Fsp3) is 0. The molecule has 0 amide bonds. The summed E-state index contributed by atoms with van der Waals surface area (Å²) in [4.78, 5) is 14.0. The molecule has 0 saturated carbocycles. The van der Waals surface area contributed by atoms with Crippen LogP contribution in [0.2, 0.25) is 0 Å². The van der Waals surface area contributed by atoms with Crippen molar-refractivity contribution >= 4 is 0 Å². The molecule has 0 saturated heterocycles. The Labute approximate surface area is 22.1 Å². The maximum absolute atomic E-state index is 7.00. The van der Waals surface area contributed by atoms with Crippen molar-refractivity contribution in [3.63, 3.8) is 0 Å². The highest BCUT2D eigenvalue weighted by atomic mass is 16.7. The van der Waals surface area contributed by atoms with E-state index in [0.717, 1.165) is 0 Å². The second kappa shape index (κ2) is 2.19. The molecular weight excluding hydrogens is 60.0 g/mol. The molecule has 0 aromatic heterocycles. The summed E-state index contributed by atoms with van der Waals surface area (Å²) >= 11 is 0. The van der Waals surface area contributed by atoms with E-state index in [9.17, 15) is 0 Å². The van der Waals surface area contributed by atoms with Crippen LogP contribution < -0.4 is 0 Å². The highest BCUT2D eigenvalue weighted by Crippen LogP contribution is 0.741. The van der Waals surface area contributed by atoms with Crippen molar-refractivity contribution in [1.82, 2.24) is 0 Å². The van der Waals surface area contributed by atoms with Crippen molar-refractivity contribution in [2.75, 3.05) is 0 Å². The summed E-state index contributed by atoms with van der Waals surface area (Å²) in [6.45, 7) is 0. The first-order valence-corrected chi connectivity index (χ1v) is 0.367. The van der Waals surface area contributed by atoms with Gasteiger partial charge in [-0.2, -0.15) is 0 Å². The molecular formula is N2O2. The second-order valence-corrected chi connectivity index (χ2v) is 0. The van der Waals surface area contributed by atoms with E-state index in [-0.39, 0.29) is 0 Å². The average molecular weight is 60.0 g/mol. The molecule has 4 nitrogen and oxygen atoms in total. The Kier molecular flexibility index (Phi) is 6.48. The van der Waals surface area contributed by atoms with Crippen LogP contribution >= 0.6 is 0 Å². The first kappa shape index (κ1) is 11.8. The van der Waals surface area contributed by atoms with E-state index >= 15 is 0 Å². The molecule has 0 aliphatic carbocycles. The lowest BCUT2D eigenvalue weighted by Crippen LogP contribution is -0.674. The molecule has 0 bridgehead atoms. The maximum Gasteiger partial charge on any atom is 0 e. The van der Waals surface area contributed by atoms with Crippen LogP contribution in [0.25, 0.3) is 0 Å². The van der Waals surface area contributed by atoms with Crippen molar-refractivity contribution in [1.29, 1.82) is 10.8 Å². The zero-order valence-corrected chi connectivity index (χ0v) is 1.71. The zero-order valence-electron chi connectivity index (χ0n) is 1.71. The van der Waals surface area contributed by atoms with Crippen LogP contribution in [-0.4, -0.2) is 0 Å². The Balaban J connectivity index is 0. The number of nitrogens with zero attached hydrogens (tertiary/aromatic N) is 2. The van der Waals surface area contributed by atoms with Gasteiger partial charge in [0.15, 0.2) is 0 Å². The van der Waals surface area contributed by atoms with E-state index in [4.69, 9.17) is 20.7 Å². The second-order valence-electron chi connectivity index (χ2n) is 0. The van der Waals surface area contributed by atoms with Gasteiger partial charge in [0.05, 0.1) is 0 Å². The maximum atomic E-state index is 7.00. The molecule has 22 valence electrons. The van der Waals surface area contributed by atoms with E-state index < -0.39 is 0 Å². The topological polar surface area (TPSA) is 81.7 Å². The summed E-state index contributed by atoms with van der Waals surface area (Å²) < 4.78 is 0. The third-order valence-corrected chi connectivity index (χ3v) is 0. The molecule has 0 radical (unpaired) electrons. The average Bonchev–Trinajstić information content (AvgIpc) is 1.50. The van der Waals surface area contributed by atoms with Crippen LogP contribution in [0.4, 0.5) is 0 Å². The van der Waals surface area contributed by atoms with Crippen LogP contribution in [0, 0.1) is 20.7 Å². The molecule has 0 unspecified atom stereocenters. The molecule has 0 aliphatic heterocycles. The van der Waals surface area contributed by atoms with E-state index in [1.54, 1.807) is 0 Å². The molecule has 0 aromatic carbocycles.